The van der Waals surface area contributed by atoms with Crippen LogP contribution in [-0.2, 0) is 6.42 Å². The number of rotatable bonds is 7. The standard InChI is InChI=1S/C19H18Cl2N6O2/c1-2-15-25-17(26-27(15)16-13(20)6-3-7-14(16)21)19(29)24-10-9-23-18(28)12-5-4-8-22-11-12/h3-8,11H,2,9-10H2,1H3,(H,23,28)(H,24,29). The molecule has 3 aromatic rings. The van der Waals surface area contributed by atoms with Crippen molar-refractivity contribution in [1.82, 2.24) is 30.4 Å². The molecule has 0 atom stereocenters. The molecule has 10 heteroatoms. The summed E-state index contributed by atoms with van der Waals surface area (Å²) in [5.41, 5.74) is 0.923. The summed E-state index contributed by atoms with van der Waals surface area (Å²) < 4.78 is 1.48. The molecule has 0 fully saturated rings. The van der Waals surface area contributed by atoms with Crippen LogP contribution in [-0.4, -0.2) is 44.7 Å². The Kier molecular flexibility index (Phi) is 6.79. The van der Waals surface area contributed by atoms with E-state index in [1.54, 1.807) is 36.5 Å². The summed E-state index contributed by atoms with van der Waals surface area (Å²) in [5, 5.41) is 10.5. The molecule has 0 saturated carbocycles. The van der Waals surface area contributed by atoms with E-state index in [0.717, 1.165) is 0 Å². The lowest BCUT2D eigenvalue weighted by molar-refractivity contribution is 0.0922. The molecule has 0 unspecified atom stereocenters. The Balaban J connectivity index is 1.63. The van der Waals surface area contributed by atoms with Crippen LogP contribution in [0.1, 0.15) is 33.7 Å². The third-order valence-corrected chi connectivity index (χ3v) is 4.57. The molecule has 0 aliphatic carbocycles. The van der Waals surface area contributed by atoms with E-state index in [-0.39, 0.29) is 24.8 Å². The van der Waals surface area contributed by atoms with Crippen molar-refractivity contribution in [2.75, 3.05) is 13.1 Å². The van der Waals surface area contributed by atoms with Crippen molar-refractivity contribution in [1.29, 1.82) is 0 Å². The molecule has 29 heavy (non-hydrogen) atoms. The molecule has 2 amide bonds. The van der Waals surface area contributed by atoms with Crippen molar-refractivity contribution >= 4 is 35.0 Å². The van der Waals surface area contributed by atoms with Crippen LogP contribution >= 0.6 is 23.2 Å². The number of pyridine rings is 1. The third-order valence-electron chi connectivity index (χ3n) is 3.96. The summed E-state index contributed by atoms with van der Waals surface area (Å²) >= 11 is 12.5. The van der Waals surface area contributed by atoms with E-state index in [1.807, 2.05) is 6.92 Å². The number of para-hydroxylation sites is 1. The second-order valence-corrected chi connectivity index (χ2v) is 6.76. The highest BCUT2D eigenvalue weighted by molar-refractivity contribution is 6.37. The van der Waals surface area contributed by atoms with E-state index in [2.05, 4.69) is 25.7 Å². The zero-order chi connectivity index (χ0) is 20.8. The average Bonchev–Trinajstić information content (AvgIpc) is 3.15. The van der Waals surface area contributed by atoms with Gasteiger partial charge in [-0.25, -0.2) is 9.67 Å². The molecule has 0 radical (unpaired) electrons. The molecule has 150 valence electrons. The van der Waals surface area contributed by atoms with E-state index >= 15 is 0 Å². The Bertz CT molecular complexity index is 1000. The van der Waals surface area contributed by atoms with Crippen LogP contribution in [0.3, 0.4) is 0 Å². The van der Waals surface area contributed by atoms with E-state index < -0.39 is 5.91 Å². The van der Waals surface area contributed by atoms with Gasteiger partial charge in [-0.2, -0.15) is 0 Å². The van der Waals surface area contributed by atoms with Crippen LogP contribution in [0.5, 0.6) is 0 Å². The van der Waals surface area contributed by atoms with Crippen molar-refractivity contribution in [3.05, 3.63) is 70.0 Å². The van der Waals surface area contributed by atoms with Gasteiger partial charge in [-0.3, -0.25) is 14.6 Å². The van der Waals surface area contributed by atoms with Crippen molar-refractivity contribution in [3.63, 3.8) is 0 Å². The smallest absolute Gasteiger partial charge is 0.291 e. The summed E-state index contributed by atoms with van der Waals surface area (Å²) in [4.78, 5) is 32.5. The lowest BCUT2D eigenvalue weighted by atomic mass is 10.3. The lowest BCUT2D eigenvalue weighted by Crippen LogP contribution is -2.35. The fourth-order valence-electron chi connectivity index (χ4n) is 2.57. The van der Waals surface area contributed by atoms with E-state index in [9.17, 15) is 9.59 Å². The van der Waals surface area contributed by atoms with Gasteiger partial charge < -0.3 is 10.6 Å². The summed E-state index contributed by atoms with van der Waals surface area (Å²) in [6.45, 7) is 2.35. The highest BCUT2D eigenvalue weighted by atomic mass is 35.5. The van der Waals surface area contributed by atoms with Crippen molar-refractivity contribution < 1.29 is 9.59 Å². The number of nitrogens with zero attached hydrogens (tertiary/aromatic N) is 4. The first-order valence-electron chi connectivity index (χ1n) is 8.88. The van der Waals surface area contributed by atoms with Crippen LogP contribution in [0.25, 0.3) is 5.69 Å². The van der Waals surface area contributed by atoms with Crippen molar-refractivity contribution in [2.45, 2.75) is 13.3 Å². The van der Waals surface area contributed by atoms with Gasteiger partial charge in [-0.1, -0.05) is 36.2 Å². The average molecular weight is 433 g/mol. The van der Waals surface area contributed by atoms with Gasteiger partial charge in [-0.15, -0.1) is 5.10 Å². The van der Waals surface area contributed by atoms with Gasteiger partial charge >= 0.3 is 0 Å². The molecule has 2 N–H and O–H groups in total. The number of carbonyl (C=O) groups excluding carboxylic acids is 2. The molecule has 0 saturated heterocycles. The fraction of sp³-hybridized carbons (Fsp3) is 0.211. The van der Waals surface area contributed by atoms with Gasteiger partial charge in [0.15, 0.2) is 0 Å². The number of hydrogen-bond donors (Lipinski definition) is 2. The minimum atomic E-state index is -0.461. The zero-order valence-electron chi connectivity index (χ0n) is 15.5. The predicted molar refractivity (Wildman–Crippen MR) is 110 cm³/mol. The largest absolute Gasteiger partial charge is 0.350 e. The number of carbonyl (C=O) groups is 2. The van der Waals surface area contributed by atoms with E-state index in [0.29, 0.717) is 33.5 Å². The topological polar surface area (TPSA) is 102 Å². The van der Waals surface area contributed by atoms with Gasteiger partial charge in [-0.05, 0) is 24.3 Å². The third kappa shape index (κ3) is 4.90. The number of benzene rings is 1. The molecule has 1 aromatic carbocycles. The predicted octanol–water partition coefficient (Wildman–Crippen LogP) is 2.69. The minimum absolute atomic E-state index is 0.00331. The maximum Gasteiger partial charge on any atom is 0.291 e. The monoisotopic (exact) mass is 432 g/mol. The van der Waals surface area contributed by atoms with Gasteiger partial charge in [0.05, 0.1) is 15.6 Å². The normalized spacial score (nSPS) is 10.6. The maximum atomic E-state index is 12.4. The SMILES string of the molecule is CCc1nc(C(=O)NCCNC(=O)c2cccnc2)nn1-c1c(Cl)cccc1Cl. The molecule has 0 bridgehead atoms. The highest BCUT2D eigenvalue weighted by Crippen LogP contribution is 2.28. The second kappa shape index (κ2) is 9.49. The number of aryl methyl sites for hydroxylation is 1. The van der Waals surface area contributed by atoms with Crippen LogP contribution in [0.15, 0.2) is 42.7 Å². The van der Waals surface area contributed by atoms with Crippen LogP contribution < -0.4 is 10.6 Å². The Labute approximate surface area is 177 Å². The molecule has 3 rings (SSSR count). The molecule has 0 aliphatic rings. The van der Waals surface area contributed by atoms with Crippen LogP contribution in [0.4, 0.5) is 0 Å². The molecule has 8 nitrogen and oxygen atoms in total. The number of aromatic nitrogens is 4. The lowest BCUT2D eigenvalue weighted by Gasteiger charge is -2.08. The van der Waals surface area contributed by atoms with Crippen molar-refractivity contribution in [2.24, 2.45) is 0 Å². The Morgan fingerprint density at radius 1 is 1.03 bits per heavy atom. The van der Waals surface area contributed by atoms with Crippen LogP contribution in [0.2, 0.25) is 10.0 Å². The molecular weight excluding hydrogens is 415 g/mol. The molecular formula is C19H18Cl2N6O2. The first-order chi connectivity index (χ1) is 14.0. The molecule has 0 spiro atoms. The van der Waals surface area contributed by atoms with Crippen LogP contribution in [0, 0.1) is 0 Å². The van der Waals surface area contributed by atoms with E-state index in [4.69, 9.17) is 23.2 Å². The Morgan fingerprint density at radius 2 is 1.72 bits per heavy atom. The van der Waals surface area contributed by atoms with Crippen molar-refractivity contribution in [3.8, 4) is 5.69 Å². The number of amides is 2. The first-order valence-corrected chi connectivity index (χ1v) is 9.63. The summed E-state index contributed by atoms with van der Waals surface area (Å²) in [6, 6.07) is 8.44. The van der Waals surface area contributed by atoms with Gasteiger partial charge in [0, 0.05) is 31.9 Å². The van der Waals surface area contributed by atoms with E-state index in [1.165, 1.54) is 10.9 Å². The first kappa shape index (κ1) is 20.8. The Hall–Kier alpha value is -2.97. The summed E-state index contributed by atoms with van der Waals surface area (Å²) in [7, 11) is 0. The number of nitrogens with one attached hydrogen (secondary N) is 2. The molecule has 2 aromatic heterocycles. The van der Waals surface area contributed by atoms with Gasteiger partial charge in [0.2, 0.25) is 5.82 Å². The second-order valence-electron chi connectivity index (χ2n) is 5.94. The molecule has 0 aliphatic heterocycles. The van der Waals surface area contributed by atoms with Gasteiger partial charge in [0.1, 0.15) is 11.5 Å². The zero-order valence-corrected chi connectivity index (χ0v) is 17.0. The summed E-state index contributed by atoms with van der Waals surface area (Å²) in [6.07, 6.45) is 3.59. The quantitative estimate of drug-likeness (QED) is 0.558. The maximum absolute atomic E-state index is 12.4. The summed E-state index contributed by atoms with van der Waals surface area (Å²) in [5.74, 6) is -0.180. The number of hydrogen-bond acceptors (Lipinski definition) is 5. The fourth-order valence-corrected chi connectivity index (χ4v) is 3.13. The highest BCUT2D eigenvalue weighted by Gasteiger charge is 2.19. The minimum Gasteiger partial charge on any atom is -0.350 e. The molecule has 2 heterocycles. The number of halogens is 2. The van der Waals surface area contributed by atoms with Gasteiger partial charge in [0.25, 0.3) is 11.8 Å². The Morgan fingerprint density at radius 3 is 2.34 bits per heavy atom.